The predicted octanol–water partition coefficient (Wildman–Crippen LogP) is 8.38. The van der Waals surface area contributed by atoms with Gasteiger partial charge >= 0.3 is 0 Å². The Balaban J connectivity index is 0.938. The Bertz CT molecular complexity index is 2720. The number of hydrogen-bond acceptors (Lipinski definition) is 6. The lowest BCUT2D eigenvalue weighted by Gasteiger charge is -2.43. The molecule has 0 aliphatic carbocycles. The van der Waals surface area contributed by atoms with Crippen LogP contribution in [0.5, 0.6) is 46.0 Å². The monoisotopic (exact) mass is 716 g/mol. The molecular formula is C48H26B2N2O4. The Morgan fingerprint density at radius 3 is 0.893 bits per heavy atom. The fraction of sp³-hybridized carbons (Fsp3) is 0. The second kappa shape index (κ2) is 10.3. The molecule has 6 heterocycles. The lowest BCUT2D eigenvalue weighted by molar-refractivity contribution is 0.462. The van der Waals surface area contributed by atoms with Crippen LogP contribution in [-0.4, -0.2) is 13.4 Å². The van der Waals surface area contributed by atoms with Gasteiger partial charge in [-0.25, -0.2) is 0 Å². The van der Waals surface area contributed by atoms with Crippen LogP contribution in [0, 0.1) is 0 Å². The molecule has 0 spiro atoms. The molecule has 8 aromatic carbocycles. The summed E-state index contributed by atoms with van der Waals surface area (Å²) in [7, 11) is 0. The lowest BCUT2D eigenvalue weighted by Crippen LogP contribution is -2.61. The third-order valence-electron chi connectivity index (χ3n) is 12.3. The molecule has 0 amide bonds. The summed E-state index contributed by atoms with van der Waals surface area (Å²) in [6.45, 7) is -0.0492. The van der Waals surface area contributed by atoms with Crippen LogP contribution in [0.15, 0.2) is 158 Å². The number of ether oxygens (including phenoxy) is 4. The molecule has 0 N–H and O–H groups in total. The fourth-order valence-electron chi connectivity index (χ4n) is 10.2. The number of nitrogens with zero attached hydrogens (tertiary/aromatic N) is 2. The molecule has 56 heavy (non-hydrogen) atoms. The average Bonchev–Trinajstić information content (AvgIpc) is 3.24. The van der Waals surface area contributed by atoms with Crippen LogP contribution in [0.1, 0.15) is 0 Å². The van der Waals surface area contributed by atoms with Crippen LogP contribution >= 0.6 is 0 Å². The standard InChI is InChI=1S/C48H26B2N2O4/c1-3-11-29(12-4-1)51-31-15-7-19-35-43(31)49-44-32(51)16-8-20-36(44)54-40-24-27(23-39(53-35)47(40)49)28-25-41-48-42(26-28)56-38-22-10-18-34-46(38)50(48)45-33(17-9-21-37(45)55-41)52(34)30-13-5-2-6-14-30/h1-26H. The summed E-state index contributed by atoms with van der Waals surface area (Å²) in [5.74, 6) is 6.64. The minimum absolute atomic E-state index is 0.0246. The van der Waals surface area contributed by atoms with Crippen molar-refractivity contribution < 1.29 is 18.9 Å². The lowest BCUT2D eigenvalue weighted by atomic mass is 9.33. The summed E-state index contributed by atoms with van der Waals surface area (Å²) < 4.78 is 27.5. The third-order valence-corrected chi connectivity index (χ3v) is 12.3. The Hall–Kier alpha value is -7.31. The van der Waals surface area contributed by atoms with Gasteiger partial charge < -0.3 is 28.7 Å². The number of rotatable bonds is 3. The van der Waals surface area contributed by atoms with Crippen molar-refractivity contribution in [2.75, 3.05) is 9.80 Å². The van der Waals surface area contributed by atoms with Crippen LogP contribution in [0.4, 0.5) is 34.1 Å². The molecule has 6 aliphatic rings. The first-order valence-electron chi connectivity index (χ1n) is 19.1. The van der Waals surface area contributed by atoms with Gasteiger partial charge in [0, 0.05) is 45.0 Å². The summed E-state index contributed by atoms with van der Waals surface area (Å²) in [5, 5.41) is 0. The maximum atomic E-state index is 6.88. The topological polar surface area (TPSA) is 43.4 Å². The summed E-state index contributed by atoms with van der Waals surface area (Å²) in [6, 6.07) is 55.2. The third kappa shape index (κ3) is 3.59. The van der Waals surface area contributed by atoms with E-state index in [-0.39, 0.29) is 13.4 Å². The van der Waals surface area contributed by atoms with E-state index in [1.807, 2.05) is 0 Å². The van der Waals surface area contributed by atoms with E-state index in [0.717, 1.165) is 124 Å². The minimum atomic E-state index is -0.0246. The van der Waals surface area contributed by atoms with Crippen LogP contribution in [0.3, 0.4) is 0 Å². The maximum Gasteiger partial charge on any atom is 0.266 e. The van der Waals surface area contributed by atoms with Gasteiger partial charge in [-0.1, -0.05) is 60.7 Å². The molecule has 0 bridgehead atoms. The van der Waals surface area contributed by atoms with Crippen molar-refractivity contribution in [1.29, 1.82) is 0 Å². The smallest absolute Gasteiger partial charge is 0.266 e. The van der Waals surface area contributed by atoms with E-state index in [1.54, 1.807) is 0 Å². The van der Waals surface area contributed by atoms with Crippen molar-refractivity contribution in [2.45, 2.75) is 0 Å². The maximum absolute atomic E-state index is 6.88. The highest BCUT2D eigenvalue weighted by Crippen LogP contribution is 2.49. The second-order valence-electron chi connectivity index (χ2n) is 15.1. The van der Waals surface area contributed by atoms with Gasteiger partial charge in [-0.05, 0) is 130 Å². The van der Waals surface area contributed by atoms with Gasteiger partial charge in [-0.3, -0.25) is 0 Å². The van der Waals surface area contributed by atoms with Gasteiger partial charge in [0.15, 0.2) is 0 Å². The van der Waals surface area contributed by atoms with E-state index in [9.17, 15) is 0 Å². The molecule has 14 rings (SSSR count). The van der Waals surface area contributed by atoms with Gasteiger partial charge in [0.25, 0.3) is 13.4 Å². The number of anilines is 6. The predicted molar refractivity (Wildman–Crippen MR) is 224 cm³/mol. The number of para-hydroxylation sites is 2. The van der Waals surface area contributed by atoms with Gasteiger partial charge in [-0.15, -0.1) is 0 Å². The molecule has 0 saturated carbocycles. The van der Waals surface area contributed by atoms with Crippen molar-refractivity contribution in [1.82, 2.24) is 0 Å². The van der Waals surface area contributed by atoms with Crippen molar-refractivity contribution in [3.8, 4) is 57.1 Å². The molecular weight excluding hydrogens is 690 g/mol. The highest BCUT2D eigenvalue weighted by Gasteiger charge is 2.49. The molecule has 6 aliphatic heterocycles. The van der Waals surface area contributed by atoms with E-state index in [0.29, 0.717) is 0 Å². The van der Waals surface area contributed by atoms with E-state index >= 15 is 0 Å². The average molecular weight is 716 g/mol. The zero-order valence-electron chi connectivity index (χ0n) is 29.7. The zero-order chi connectivity index (χ0) is 36.2. The molecule has 0 atom stereocenters. The van der Waals surface area contributed by atoms with Crippen molar-refractivity contribution >= 4 is 80.3 Å². The SMILES string of the molecule is c1ccc(N2c3cccc4c3B3c5c(cc(-c6cc7c8c(c6)Oc6cccc9c6B8c6c(cccc6N9c6ccccc6)O7)cc5Oc5cccc2c53)O4)cc1. The summed E-state index contributed by atoms with van der Waals surface area (Å²) in [4.78, 5) is 4.66. The van der Waals surface area contributed by atoms with Gasteiger partial charge in [-0.2, -0.15) is 0 Å². The molecule has 0 saturated heterocycles. The first-order valence-corrected chi connectivity index (χ1v) is 19.1. The van der Waals surface area contributed by atoms with Gasteiger partial charge in [0.2, 0.25) is 0 Å². The summed E-state index contributed by atoms with van der Waals surface area (Å²) in [5.41, 5.74) is 15.4. The number of benzene rings is 8. The summed E-state index contributed by atoms with van der Waals surface area (Å²) >= 11 is 0. The Morgan fingerprint density at radius 1 is 0.286 bits per heavy atom. The Morgan fingerprint density at radius 2 is 0.589 bits per heavy atom. The van der Waals surface area contributed by atoms with Crippen molar-refractivity contribution in [3.05, 3.63) is 158 Å². The quantitative estimate of drug-likeness (QED) is 0.171. The molecule has 6 nitrogen and oxygen atoms in total. The normalized spacial score (nSPS) is 14.5. The van der Waals surface area contributed by atoms with Crippen molar-refractivity contribution in [3.63, 3.8) is 0 Å². The molecule has 0 radical (unpaired) electrons. The first-order chi connectivity index (χ1) is 27.8. The van der Waals surface area contributed by atoms with Crippen LogP contribution in [-0.2, 0) is 0 Å². The van der Waals surface area contributed by atoms with Gasteiger partial charge in [0.1, 0.15) is 46.0 Å². The van der Waals surface area contributed by atoms with Crippen molar-refractivity contribution in [2.24, 2.45) is 0 Å². The molecule has 0 unspecified atom stereocenters. The molecule has 8 aromatic rings. The minimum Gasteiger partial charge on any atom is -0.458 e. The molecule has 0 fully saturated rings. The van der Waals surface area contributed by atoms with E-state index in [1.165, 1.54) is 0 Å². The Labute approximate surface area is 322 Å². The molecule has 258 valence electrons. The van der Waals surface area contributed by atoms with Crippen LogP contribution in [0.25, 0.3) is 11.1 Å². The van der Waals surface area contributed by atoms with E-state index < -0.39 is 0 Å². The first kappa shape index (κ1) is 29.1. The highest BCUT2D eigenvalue weighted by atomic mass is 16.5. The van der Waals surface area contributed by atoms with E-state index in [4.69, 9.17) is 18.9 Å². The van der Waals surface area contributed by atoms with Crippen LogP contribution in [0.2, 0.25) is 0 Å². The van der Waals surface area contributed by atoms with Gasteiger partial charge in [0.05, 0.1) is 0 Å². The molecule has 0 aromatic heterocycles. The van der Waals surface area contributed by atoms with E-state index in [2.05, 4.69) is 168 Å². The highest BCUT2D eigenvalue weighted by molar-refractivity contribution is 7.01. The fourth-order valence-corrected chi connectivity index (χ4v) is 10.2. The summed E-state index contributed by atoms with van der Waals surface area (Å²) in [6.07, 6.45) is 0. The second-order valence-corrected chi connectivity index (χ2v) is 15.1. The van der Waals surface area contributed by atoms with Crippen LogP contribution < -0.4 is 61.5 Å². The zero-order valence-corrected chi connectivity index (χ0v) is 29.7. The molecule has 8 heteroatoms. The Kier molecular flexibility index (Phi) is 5.33. The number of hydrogen-bond donors (Lipinski definition) is 0. The largest absolute Gasteiger partial charge is 0.458 e.